The second kappa shape index (κ2) is 12.0. The summed E-state index contributed by atoms with van der Waals surface area (Å²) in [5.41, 5.74) is 0.636. The Morgan fingerprint density at radius 2 is 1.65 bits per heavy atom. The summed E-state index contributed by atoms with van der Waals surface area (Å²) in [6.07, 6.45) is 6.23. The summed E-state index contributed by atoms with van der Waals surface area (Å²) in [5.74, 6) is -0.424. The number of carbonyl (C=O) groups excluding carboxylic acids is 1. The molecule has 0 unspecified atom stereocenters. The van der Waals surface area contributed by atoms with Crippen LogP contribution in [0, 0.1) is 0 Å². The van der Waals surface area contributed by atoms with Gasteiger partial charge in [-0.3, -0.25) is 0 Å². The molecular formula is C16H24O4. The molecule has 112 valence electrons. The van der Waals surface area contributed by atoms with Crippen molar-refractivity contribution in [2.24, 2.45) is 0 Å². The molecule has 0 atom stereocenters. The molecule has 0 radical (unpaired) electrons. The molecule has 1 rings (SSSR count). The highest BCUT2D eigenvalue weighted by atomic mass is 16.5. The van der Waals surface area contributed by atoms with Crippen LogP contribution in [-0.4, -0.2) is 17.0 Å². The van der Waals surface area contributed by atoms with Gasteiger partial charge >= 0.3 is 11.9 Å². The highest BCUT2D eigenvalue weighted by Crippen LogP contribution is 2.18. The molecule has 20 heavy (non-hydrogen) atoms. The first-order valence-corrected chi connectivity index (χ1v) is 6.30. The maximum Gasteiger partial charge on any atom is 0.338 e. The van der Waals surface area contributed by atoms with Crippen molar-refractivity contribution in [2.45, 2.75) is 39.5 Å². The van der Waals surface area contributed by atoms with E-state index in [1.54, 1.807) is 6.92 Å². The standard InChI is InChI=1S/C10H14O2.C4H6O2.C2H4/c1-8(2)10(11)12-9-6-4-3-5-7-9;1-3(2)4(5)6;1-2/h6H,1,3-5,7H2,2H3;1H2,2H3,(H,5,6);1-2H2. The monoisotopic (exact) mass is 280 g/mol. The first-order valence-electron chi connectivity index (χ1n) is 6.30. The number of carbonyl (C=O) groups is 2. The molecule has 0 bridgehead atoms. The average Bonchev–Trinajstić information content (AvgIpc) is 2.42. The van der Waals surface area contributed by atoms with Gasteiger partial charge in [0.2, 0.25) is 0 Å². The predicted molar refractivity (Wildman–Crippen MR) is 81.2 cm³/mol. The smallest absolute Gasteiger partial charge is 0.338 e. The van der Waals surface area contributed by atoms with Gasteiger partial charge in [0, 0.05) is 17.6 Å². The number of ether oxygens (including phenoxy) is 1. The van der Waals surface area contributed by atoms with Crippen LogP contribution in [0.2, 0.25) is 0 Å². The number of carboxylic acid groups (broad SMARTS) is 1. The Hall–Kier alpha value is -2.10. The number of hydrogen-bond acceptors (Lipinski definition) is 3. The van der Waals surface area contributed by atoms with E-state index in [1.165, 1.54) is 13.3 Å². The highest BCUT2D eigenvalue weighted by molar-refractivity contribution is 5.87. The molecule has 0 saturated carbocycles. The van der Waals surface area contributed by atoms with E-state index >= 15 is 0 Å². The van der Waals surface area contributed by atoms with E-state index in [4.69, 9.17) is 9.84 Å². The number of aliphatic carboxylic acids is 1. The van der Waals surface area contributed by atoms with Crippen LogP contribution in [0.15, 0.2) is 49.3 Å². The lowest BCUT2D eigenvalue weighted by Crippen LogP contribution is -2.06. The molecule has 0 spiro atoms. The van der Waals surface area contributed by atoms with E-state index in [1.807, 2.05) is 6.08 Å². The summed E-state index contributed by atoms with van der Waals surface area (Å²) in [6, 6.07) is 0. The number of carboxylic acids is 1. The molecule has 1 aliphatic carbocycles. The normalized spacial score (nSPS) is 12.4. The third-order valence-electron chi connectivity index (χ3n) is 2.19. The summed E-state index contributed by atoms with van der Waals surface area (Å²) in [6.45, 7) is 15.8. The lowest BCUT2D eigenvalue weighted by Gasteiger charge is -2.12. The SMILES string of the molecule is C=C.C=C(C)C(=O)O.C=C(C)C(=O)OC1=CCCCC1. The van der Waals surface area contributed by atoms with E-state index < -0.39 is 5.97 Å². The molecule has 0 fully saturated rings. The van der Waals surface area contributed by atoms with Gasteiger partial charge in [-0.05, 0) is 39.2 Å². The molecule has 0 heterocycles. The summed E-state index contributed by atoms with van der Waals surface area (Å²) >= 11 is 0. The summed E-state index contributed by atoms with van der Waals surface area (Å²) in [7, 11) is 0. The van der Waals surface area contributed by atoms with Gasteiger partial charge in [0.1, 0.15) is 5.76 Å². The van der Waals surface area contributed by atoms with E-state index in [0.717, 1.165) is 25.0 Å². The van der Waals surface area contributed by atoms with Crippen LogP contribution in [0.4, 0.5) is 0 Å². The Bertz CT molecular complexity index is 379. The Kier molecular flexibility index (Phi) is 12.1. The van der Waals surface area contributed by atoms with E-state index in [2.05, 4.69) is 26.3 Å². The Morgan fingerprint density at radius 3 is 1.95 bits per heavy atom. The minimum atomic E-state index is -0.935. The second-order valence-corrected chi connectivity index (χ2v) is 4.17. The minimum absolute atomic E-state index is 0.176. The van der Waals surface area contributed by atoms with E-state index in [0.29, 0.717) is 5.57 Å². The van der Waals surface area contributed by atoms with Crippen LogP contribution in [-0.2, 0) is 14.3 Å². The highest BCUT2D eigenvalue weighted by Gasteiger charge is 2.09. The quantitative estimate of drug-likeness (QED) is 0.482. The average molecular weight is 280 g/mol. The van der Waals surface area contributed by atoms with Crippen molar-refractivity contribution in [3.63, 3.8) is 0 Å². The first-order chi connectivity index (χ1) is 9.34. The second-order valence-electron chi connectivity index (χ2n) is 4.17. The van der Waals surface area contributed by atoms with Crippen LogP contribution in [0.5, 0.6) is 0 Å². The molecule has 0 aromatic heterocycles. The number of esters is 1. The number of allylic oxidation sites excluding steroid dienone is 2. The maximum atomic E-state index is 11.0. The first kappa shape index (κ1) is 20.2. The van der Waals surface area contributed by atoms with Gasteiger partial charge in [0.25, 0.3) is 0 Å². The molecule has 0 amide bonds. The van der Waals surface area contributed by atoms with Gasteiger partial charge in [-0.1, -0.05) is 13.2 Å². The Morgan fingerprint density at radius 1 is 1.15 bits per heavy atom. The van der Waals surface area contributed by atoms with Crippen molar-refractivity contribution in [3.8, 4) is 0 Å². The van der Waals surface area contributed by atoms with E-state index in [-0.39, 0.29) is 11.5 Å². The molecule has 0 aromatic rings. The fourth-order valence-electron chi connectivity index (χ4n) is 1.11. The van der Waals surface area contributed by atoms with Gasteiger partial charge < -0.3 is 9.84 Å². The van der Waals surface area contributed by atoms with Crippen LogP contribution in [0.25, 0.3) is 0 Å². The molecule has 1 aliphatic rings. The van der Waals surface area contributed by atoms with Gasteiger partial charge in [0.05, 0.1) is 0 Å². The molecular weight excluding hydrogens is 256 g/mol. The van der Waals surface area contributed by atoms with Crippen LogP contribution >= 0.6 is 0 Å². The van der Waals surface area contributed by atoms with E-state index in [9.17, 15) is 9.59 Å². The van der Waals surface area contributed by atoms with Crippen molar-refractivity contribution < 1.29 is 19.4 Å². The van der Waals surface area contributed by atoms with Crippen LogP contribution < -0.4 is 0 Å². The van der Waals surface area contributed by atoms with Crippen LogP contribution in [0.1, 0.15) is 39.5 Å². The van der Waals surface area contributed by atoms with Gasteiger partial charge in [0.15, 0.2) is 0 Å². The lowest BCUT2D eigenvalue weighted by molar-refractivity contribution is -0.135. The van der Waals surface area contributed by atoms with Crippen molar-refractivity contribution >= 4 is 11.9 Å². The zero-order chi connectivity index (χ0) is 16.1. The molecule has 0 saturated heterocycles. The van der Waals surface area contributed by atoms with Crippen molar-refractivity contribution in [2.75, 3.05) is 0 Å². The molecule has 1 N–H and O–H groups in total. The molecule has 0 aliphatic heterocycles. The van der Waals surface area contributed by atoms with Crippen molar-refractivity contribution in [1.29, 1.82) is 0 Å². The molecule has 4 heteroatoms. The topological polar surface area (TPSA) is 63.6 Å². The van der Waals surface area contributed by atoms with Crippen LogP contribution in [0.3, 0.4) is 0 Å². The summed E-state index contributed by atoms with van der Waals surface area (Å²) in [5, 5.41) is 7.89. The van der Waals surface area contributed by atoms with Gasteiger partial charge in [-0.25, -0.2) is 9.59 Å². The van der Waals surface area contributed by atoms with Crippen molar-refractivity contribution in [1.82, 2.24) is 0 Å². The summed E-state index contributed by atoms with van der Waals surface area (Å²) < 4.78 is 5.08. The maximum absolute atomic E-state index is 11.0. The zero-order valence-corrected chi connectivity index (χ0v) is 12.4. The third kappa shape index (κ3) is 11.0. The van der Waals surface area contributed by atoms with Crippen molar-refractivity contribution in [3.05, 3.63) is 49.3 Å². The predicted octanol–water partition coefficient (Wildman–Crippen LogP) is 4.01. The fourth-order valence-corrected chi connectivity index (χ4v) is 1.11. The lowest BCUT2D eigenvalue weighted by atomic mass is 10.1. The zero-order valence-electron chi connectivity index (χ0n) is 12.4. The third-order valence-corrected chi connectivity index (χ3v) is 2.19. The minimum Gasteiger partial charge on any atom is -0.478 e. The largest absolute Gasteiger partial charge is 0.478 e. The van der Waals surface area contributed by atoms with Gasteiger partial charge in [-0.2, -0.15) is 0 Å². The number of hydrogen-bond donors (Lipinski definition) is 1. The number of rotatable bonds is 3. The fraction of sp³-hybridized carbons (Fsp3) is 0.375. The van der Waals surface area contributed by atoms with Gasteiger partial charge in [-0.15, -0.1) is 13.2 Å². The Balaban J connectivity index is 0. The molecule has 0 aromatic carbocycles. The molecule has 4 nitrogen and oxygen atoms in total. The Labute approximate surface area is 121 Å². The summed E-state index contributed by atoms with van der Waals surface area (Å²) in [4.78, 5) is 20.6.